The fraction of sp³-hybridized carbons (Fsp3) is 0.682. The molecule has 0 heterocycles. The van der Waals surface area contributed by atoms with Crippen molar-refractivity contribution in [1.29, 1.82) is 0 Å². The molecule has 0 radical (unpaired) electrons. The highest BCUT2D eigenvalue weighted by Crippen LogP contribution is 2.44. The van der Waals surface area contributed by atoms with Gasteiger partial charge >= 0.3 is 0 Å². The Morgan fingerprint density at radius 1 is 0.880 bits per heavy atom. The molecule has 140 valence electrons. The first-order valence-corrected chi connectivity index (χ1v) is 11.5. The molecule has 0 N–H and O–H groups in total. The molecule has 0 bridgehead atoms. The van der Waals surface area contributed by atoms with Crippen LogP contribution in [0.2, 0.25) is 0 Å². The molecule has 0 aliphatic heterocycles. The lowest BCUT2D eigenvalue weighted by Gasteiger charge is -2.25. The molecule has 1 aromatic rings. The molecule has 2 nitrogen and oxygen atoms in total. The van der Waals surface area contributed by atoms with Crippen LogP contribution in [0, 0.1) is 0 Å². The molecular weight excluding hydrogens is 327 g/mol. The first-order valence-electron chi connectivity index (χ1n) is 10.00. The van der Waals surface area contributed by atoms with Gasteiger partial charge in [0.05, 0.1) is 0 Å². The van der Waals surface area contributed by atoms with Crippen molar-refractivity contribution in [1.82, 2.24) is 0 Å². The molecule has 1 fully saturated rings. The summed E-state index contributed by atoms with van der Waals surface area (Å²) in [6.45, 7) is 12.9. The Balaban J connectivity index is 2.53. The van der Waals surface area contributed by atoms with Gasteiger partial charge in [-0.2, -0.15) is 0 Å². The second kappa shape index (κ2) is 8.67. The van der Waals surface area contributed by atoms with Crippen molar-refractivity contribution < 1.29 is 9.36 Å². The summed E-state index contributed by atoms with van der Waals surface area (Å²) in [5.74, 6) is 0.946. The number of benzene rings is 1. The largest absolute Gasteiger partial charge is 0.318 e. The van der Waals surface area contributed by atoms with Crippen LogP contribution in [-0.4, -0.2) is 11.2 Å². The van der Waals surface area contributed by atoms with Crippen molar-refractivity contribution in [3.63, 3.8) is 0 Å². The van der Waals surface area contributed by atoms with Crippen LogP contribution in [0.15, 0.2) is 12.1 Å². The standard InChI is InChI=1S/C22H35O2P/c1-14(2)17-12-19(15(3)4)21(20(13-17)16(5)6)22(23)25(24)18-10-8-7-9-11-18/h12-16,18,25H,7-11H2,1-6H3. The second-order valence-corrected chi connectivity index (χ2v) is 10.6. The number of hydrogen-bond acceptors (Lipinski definition) is 2. The minimum absolute atomic E-state index is 0.0559. The molecule has 0 amide bonds. The van der Waals surface area contributed by atoms with Crippen LogP contribution in [0.5, 0.6) is 0 Å². The molecule has 1 atom stereocenters. The monoisotopic (exact) mass is 362 g/mol. The first kappa shape index (κ1) is 20.4. The summed E-state index contributed by atoms with van der Waals surface area (Å²) in [6, 6.07) is 4.37. The minimum atomic E-state index is -2.25. The molecule has 1 aliphatic rings. The molecule has 1 saturated carbocycles. The maximum atomic E-state index is 13.3. The van der Waals surface area contributed by atoms with Gasteiger partial charge in [-0.05, 0) is 47.3 Å². The van der Waals surface area contributed by atoms with Crippen molar-refractivity contribution in [2.24, 2.45) is 0 Å². The summed E-state index contributed by atoms with van der Waals surface area (Å²) >= 11 is 0. The highest BCUT2D eigenvalue weighted by molar-refractivity contribution is 7.65. The van der Waals surface area contributed by atoms with E-state index in [9.17, 15) is 9.36 Å². The highest BCUT2D eigenvalue weighted by atomic mass is 31.1. The average Bonchev–Trinajstić information content (AvgIpc) is 2.59. The van der Waals surface area contributed by atoms with Crippen LogP contribution in [-0.2, 0) is 4.57 Å². The van der Waals surface area contributed by atoms with Crippen LogP contribution < -0.4 is 0 Å². The molecule has 0 aromatic heterocycles. The summed E-state index contributed by atoms with van der Waals surface area (Å²) in [6.07, 6.45) is 5.38. The second-order valence-electron chi connectivity index (χ2n) is 8.57. The summed E-state index contributed by atoms with van der Waals surface area (Å²) in [7, 11) is -2.25. The predicted octanol–water partition coefficient (Wildman–Crippen LogP) is 7.09. The lowest BCUT2D eigenvalue weighted by molar-refractivity contribution is 0.107. The van der Waals surface area contributed by atoms with Crippen LogP contribution >= 0.6 is 7.80 Å². The zero-order chi connectivity index (χ0) is 18.7. The number of rotatable bonds is 6. The van der Waals surface area contributed by atoms with Gasteiger partial charge in [-0.3, -0.25) is 4.79 Å². The summed E-state index contributed by atoms with van der Waals surface area (Å²) in [4.78, 5) is 13.3. The van der Waals surface area contributed by atoms with Gasteiger partial charge in [0, 0.05) is 11.2 Å². The Labute approximate surface area is 154 Å². The average molecular weight is 362 g/mol. The van der Waals surface area contributed by atoms with Crippen molar-refractivity contribution in [3.05, 3.63) is 34.4 Å². The van der Waals surface area contributed by atoms with Crippen molar-refractivity contribution in [2.45, 2.75) is 97.1 Å². The molecule has 1 unspecified atom stereocenters. The van der Waals surface area contributed by atoms with E-state index in [1.165, 1.54) is 12.0 Å². The smallest absolute Gasteiger partial charge is 0.219 e. The lowest BCUT2D eigenvalue weighted by Crippen LogP contribution is -2.15. The fourth-order valence-corrected chi connectivity index (χ4v) is 5.73. The molecule has 25 heavy (non-hydrogen) atoms. The SMILES string of the molecule is CC(C)c1cc(C(C)C)c(C(=O)[PH](=O)C2CCCCC2)c(C(C)C)c1. The zero-order valence-corrected chi connectivity index (χ0v) is 17.8. The van der Waals surface area contributed by atoms with E-state index in [4.69, 9.17) is 0 Å². The maximum absolute atomic E-state index is 13.3. The Morgan fingerprint density at radius 2 is 1.36 bits per heavy atom. The number of hydrogen-bond donors (Lipinski definition) is 0. The normalized spacial score (nSPS) is 17.5. The van der Waals surface area contributed by atoms with E-state index in [2.05, 4.69) is 53.7 Å². The summed E-state index contributed by atoms with van der Waals surface area (Å²) in [5, 5.41) is 0. The van der Waals surface area contributed by atoms with Crippen LogP contribution in [0.4, 0.5) is 0 Å². The number of carbonyl (C=O) groups is 1. The van der Waals surface area contributed by atoms with Gasteiger partial charge < -0.3 is 4.57 Å². The molecule has 1 aliphatic carbocycles. The van der Waals surface area contributed by atoms with Gasteiger partial charge in [0.2, 0.25) is 5.52 Å². The summed E-state index contributed by atoms with van der Waals surface area (Å²) < 4.78 is 13.1. The van der Waals surface area contributed by atoms with Crippen LogP contribution in [0.3, 0.4) is 0 Å². The highest BCUT2D eigenvalue weighted by Gasteiger charge is 2.30. The number of carbonyl (C=O) groups excluding carboxylic acids is 1. The van der Waals surface area contributed by atoms with Crippen molar-refractivity contribution in [3.8, 4) is 0 Å². The summed E-state index contributed by atoms with van der Waals surface area (Å²) in [5.41, 5.74) is 4.31. The van der Waals surface area contributed by atoms with Gasteiger partial charge in [-0.15, -0.1) is 0 Å². The quantitative estimate of drug-likeness (QED) is 0.506. The van der Waals surface area contributed by atoms with Gasteiger partial charge in [0.25, 0.3) is 0 Å². The third-order valence-electron chi connectivity index (χ3n) is 5.56. The molecule has 0 saturated heterocycles. The molecule has 3 heteroatoms. The van der Waals surface area contributed by atoms with Crippen LogP contribution in [0.25, 0.3) is 0 Å². The Morgan fingerprint density at radius 3 is 1.76 bits per heavy atom. The van der Waals surface area contributed by atoms with E-state index in [1.807, 2.05) is 0 Å². The molecule has 0 spiro atoms. The Hall–Kier alpha value is -0.880. The van der Waals surface area contributed by atoms with E-state index in [0.29, 0.717) is 5.92 Å². The topological polar surface area (TPSA) is 34.1 Å². The van der Waals surface area contributed by atoms with Crippen molar-refractivity contribution in [2.75, 3.05) is 0 Å². The van der Waals surface area contributed by atoms with E-state index < -0.39 is 7.80 Å². The molecule has 1 aromatic carbocycles. The van der Waals surface area contributed by atoms with Gasteiger partial charge in [-0.25, -0.2) is 0 Å². The van der Waals surface area contributed by atoms with Gasteiger partial charge in [-0.1, -0.05) is 72.9 Å². The maximum Gasteiger partial charge on any atom is 0.219 e. The van der Waals surface area contributed by atoms with E-state index in [1.54, 1.807) is 0 Å². The third kappa shape index (κ3) is 4.64. The van der Waals surface area contributed by atoms with Gasteiger partial charge in [0.15, 0.2) is 0 Å². The third-order valence-corrected chi connectivity index (χ3v) is 7.58. The van der Waals surface area contributed by atoms with E-state index in [0.717, 1.165) is 42.4 Å². The Bertz CT molecular complexity index is 608. The fourth-order valence-electron chi connectivity index (χ4n) is 3.89. The molecular formula is C22H35O2P. The zero-order valence-electron chi connectivity index (χ0n) is 16.8. The van der Waals surface area contributed by atoms with E-state index in [-0.39, 0.29) is 23.0 Å². The lowest BCUT2D eigenvalue weighted by atomic mass is 9.85. The molecule has 2 rings (SSSR count). The minimum Gasteiger partial charge on any atom is -0.318 e. The van der Waals surface area contributed by atoms with E-state index >= 15 is 0 Å². The van der Waals surface area contributed by atoms with Crippen molar-refractivity contribution >= 4 is 13.3 Å². The predicted molar refractivity (Wildman–Crippen MR) is 109 cm³/mol. The van der Waals surface area contributed by atoms with Gasteiger partial charge in [0.1, 0.15) is 7.80 Å². The Kier molecular flexibility index (Phi) is 7.09. The van der Waals surface area contributed by atoms with Crippen LogP contribution in [0.1, 0.15) is 118 Å². The first-order chi connectivity index (χ1) is 11.7.